The maximum absolute atomic E-state index is 12.8. The van der Waals surface area contributed by atoms with Crippen molar-refractivity contribution in [2.24, 2.45) is 0 Å². The fourth-order valence-corrected chi connectivity index (χ4v) is 6.22. The Morgan fingerprint density at radius 2 is 0.761 bits per heavy atom. The first-order chi connectivity index (χ1) is 34.6. The van der Waals surface area contributed by atoms with Crippen molar-refractivity contribution < 1.29 is 42.9 Å². The lowest BCUT2D eigenvalue weighted by Crippen LogP contribution is -2.44. The zero-order chi connectivity index (χ0) is 52.0. The molecule has 0 aliphatic rings. The molecule has 0 saturated heterocycles. The van der Waals surface area contributed by atoms with E-state index in [1.54, 1.807) is 0 Å². The van der Waals surface area contributed by atoms with Gasteiger partial charge in [0.2, 0.25) is 0 Å². The van der Waals surface area contributed by atoms with Gasteiger partial charge < -0.3 is 33.3 Å². The summed E-state index contributed by atoms with van der Waals surface area (Å²) in [6, 6.07) is 0. The predicted octanol–water partition coefficient (Wildman–Crippen LogP) is 14.1. The molecule has 396 valence electrons. The maximum Gasteiger partial charge on any atom is 0.306 e. The normalized spacial score (nSPS) is 14.1. The van der Waals surface area contributed by atoms with Crippen molar-refractivity contribution in [2.75, 3.05) is 47.5 Å². The zero-order valence-corrected chi connectivity index (χ0v) is 44.8. The number of likely N-dealkylation sites (N-methyl/N-ethyl adjacent to an activating group) is 1. The minimum absolute atomic E-state index is 0.124. The van der Waals surface area contributed by atoms with Crippen LogP contribution in [0, 0.1) is 0 Å². The van der Waals surface area contributed by atoms with Gasteiger partial charge in [-0.15, -0.1) is 0 Å². The second-order valence-electron chi connectivity index (χ2n) is 18.0. The summed E-state index contributed by atoms with van der Waals surface area (Å²) in [4.78, 5) is 37.1. The number of hydrogen-bond acceptors (Lipinski definition) is 8. The van der Waals surface area contributed by atoms with Gasteiger partial charge in [0, 0.05) is 12.8 Å². The van der Waals surface area contributed by atoms with E-state index in [1.165, 1.54) is 0 Å². The summed E-state index contributed by atoms with van der Waals surface area (Å²) in [5.41, 5.74) is 0. The molecule has 0 rings (SSSR count). The van der Waals surface area contributed by atoms with Crippen LogP contribution in [0.15, 0.2) is 158 Å². The Morgan fingerprint density at radius 3 is 1.13 bits per heavy atom. The Kier molecular flexibility index (Phi) is 47.6. The molecule has 2 unspecified atom stereocenters. The molecule has 0 aromatic heterocycles. The molecule has 0 N–H and O–H groups in total. The molecule has 0 aromatic rings. The molecule has 0 aliphatic carbocycles. The van der Waals surface area contributed by atoms with E-state index in [0.717, 1.165) is 116 Å². The first-order valence-corrected chi connectivity index (χ1v) is 26.6. The smallest absolute Gasteiger partial charge is 0.306 e. The lowest BCUT2D eigenvalue weighted by Gasteiger charge is -2.26. The largest absolute Gasteiger partial charge is 0.545 e. The Labute approximate surface area is 432 Å². The molecule has 0 heterocycles. The Hall–Kier alpha value is -5.09. The van der Waals surface area contributed by atoms with Gasteiger partial charge in [0.05, 0.1) is 40.3 Å². The molecule has 0 amide bonds. The highest BCUT2D eigenvalue weighted by atomic mass is 16.7. The van der Waals surface area contributed by atoms with Crippen LogP contribution in [0.5, 0.6) is 0 Å². The number of nitrogens with zero attached hydrogens (tertiary/aromatic N) is 1. The van der Waals surface area contributed by atoms with Gasteiger partial charge >= 0.3 is 11.9 Å². The van der Waals surface area contributed by atoms with Crippen molar-refractivity contribution >= 4 is 17.9 Å². The fourth-order valence-electron chi connectivity index (χ4n) is 6.22. The van der Waals surface area contributed by atoms with Crippen molar-refractivity contribution in [3.8, 4) is 0 Å². The van der Waals surface area contributed by atoms with Crippen LogP contribution in [0.4, 0.5) is 0 Å². The van der Waals surface area contributed by atoms with Crippen LogP contribution in [0.3, 0.4) is 0 Å². The summed E-state index contributed by atoms with van der Waals surface area (Å²) in [6.45, 7) is 4.38. The quantitative estimate of drug-likeness (QED) is 0.0195. The van der Waals surface area contributed by atoms with Crippen LogP contribution in [0.25, 0.3) is 0 Å². The number of carbonyl (C=O) groups excluding carboxylic acids is 3. The van der Waals surface area contributed by atoms with E-state index in [9.17, 15) is 19.5 Å². The molecule has 0 spiro atoms. The zero-order valence-electron chi connectivity index (χ0n) is 44.8. The van der Waals surface area contributed by atoms with Gasteiger partial charge in [-0.3, -0.25) is 9.59 Å². The lowest BCUT2D eigenvalue weighted by molar-refractivity contribution is -0.870. The van der Waals surface area contributed by atoms with E-state index in [-0.39, 0.29) is 32.7 Å². The summed E-state index contributed by atoms with van der Waals surface area (Å²) in [5, 5.41) is 11.7. The van der Waals surface area contributed by atoms with Crippen molar-refractivity contribution in [1.29, 1.82) is 0 Å². The van der Waals surface area contributed by atoms with Crippen LogP contribution in [-0.2, 0) is 33.3 Å². The third kappa shape index (κ3) is 52.6. The second kappa shape index (κ2) is 51.3. The number of rotatable bonds is 46. The van der Waals surface area contributed by atoms with Gasteiger partial charge in [-0.2, -0.15) is 0 Å². The van der Waals surface area contributed by atoms with Crippen LogP contribution >= 0.6 is 0 Å². The number of aliphatic carboxylic acids is 1. The van der Waals surface area contributed by atoms with Gasteiger partial charge in [0.15, 0.2) is 12.4 Å². The molecular weight excluding hydrogens is 887 g/mol. The third-order valence-electron chi connectivity index (χ3n) is 10.3. The van der Waals surface area contributed by atoms with E-state index < -0.39 is 30.3 Å². The highest BCUT2D eigenvalue weighted by Gasteiger charge is 2.21. The van der Waals surface area contributed by atoms with Gasteiger partial charge in [0.25, 0.3) is 0 Å². The van der Waals surface area contributed by atoms with Crippen LogP contribution in [0.2, 0.25) is 0 Å². The molecule has 2 atom stereocenters. The molecule has 71 heavy (non-hydrogen) atoms. The first-order valence-electron chi connectivity index (χ1n) is 26.6. The highest BCUT2D eigenvalue weighted by molar-refractivity contribution is 5.70. The van der Waals surface area contributed by atoms with Crippen molar-refractivity contribution in [3.63, 3.8) is 0 Å². The Morgan fingerprint density at radius 1 is 0.423 bits per heavy atom. The van der Waals surface area contributed by atoms with E-state index in [0.29, 0.717) is 23.9 Å². The molecule has 0 aromatic carbocycles. The standard InChI is InChI=1S/C62H95NO8/c1-6-8-10-12-14-16-18-20-21-22-23-24-25-26-27-28-29-30-31-32-33-34-35-36-37-38-39-41-43-45-47-49-51-53-60(65)71-58(57-70-62(61(66)67)68-55-54-63(3,4)5)56-69-59(64)52-50-48-46-44-42-40-19-17-15-13-11-9-7-2/h8-11,14-17,20-21,23-24,26-27,29-30,32-33,35-36,38-40,42-43,45,58,62H,6-7,12-13,18-19,22,25,28,31,34,37,41,44,46-57H2,1-5H3/b10-8-,11-9-,16-14-,17-15-,21-20-,24-23-,27-26-,30-29-,33-32-,36-35-,39-38-,42-40-,45-43-. The van der Waals surface area contributed by atoms with Crippen LogP contribution < -0.4 is 5.11 Å². The summed E-state index contributed by atoms with van der Waals surface area (Å²) in [5.74, 6) is -2.41. The monoisotopic (exact) mass is 982 g/mol. The number of carboxylic acid groups (broad SMARTS) is 1. The average Bonchev–Trinajstić information content (AvgIpc) is 3.34. The van der Waals surface area contributed by atoms with E-state index in [2.05, 4.69) is 172 Å². The Balaban J connectivity index is 4.41. The Bertz CT molecular complexity index is 1710. The van der Waals surface area contributed by atoms with Gasteiger partial charge in [-0.05, 0) is 122 Å². The molecular formula is C62H95NO8. The average molecular weight is 982 g/mol. The van der Waals surface area contributed by atoms with E-state index >= 15 is 0 Å². The molecule has 0 radical (unpaired) electrons. The number of hydrogen-bond donors (Lipinski definition) is 0. The number of esters is 2. The summed E-state index contributed by atoms with van der Waals surface area (Å²) in [7, 11) is 5.87. The third-order valence-corrected chi connectivity index (χ3v) is 10.3. The summed E-state index contributed by atoms with van der Waals surface area (Å²) in [6.07, 6.45) is 73.0. The number of carboxylic acids is 1. The molecule has 9 heteroatoms. The fraction of sp³-hybridized carbons (Fsp3) is 0.532. The van der Waals surface area contributed by atoms with Crippen LogP contribution in [0.1, 0.15) is 155 Å². The summed E-state index contributed by atoms with van der Waals surface area (Å²) < 4.78 is 22.5. The number of unbranched alkanes of at least 4 members (excludes halogenated alkanes) is 5. The summed E-state index contributed by atoms with van der Waals surface area (Å²) >= 11 is 0. The predicted molar refractivity (Wildman–Crippen MR) is 296 cm³/mol. The van der Waals surface area contributed by atoms with Gasteiger partial charge in [0.1, 0.15) is 13.2 Å². The van der Waals surface area contributed by atoms with Crippen molar-refractivity contribution in [1.82, 2.24) is 0 Å². The number of quaternary nitrogens is 1. The first kappa shape index (κ1) is 65.9. The van der Waals surface area contributed by atoms with E-state index in [4.69, 9.17) is 18.9 Å². The molecule has 0 fully saturated rings. The van der Waals surface area contributed by atoms with Gasteiger partial charge in [-0.25, -0.2) is 0 Å². The molecule has 0 aliphatic heterocycles. The lowest BCUT2D eigenvalue weighted by atomic mass is 10.1. The number of allylic oxidation sites excluding steroid dienone is 26. The van der Waals surface area contributed by atoms with Crippen molar-refractivity contribution in [3.05, 3.63) is 158 Å². The minimum Gasteiger partial charge on any atom is -0.545 e. The SMILES string of the molecule is CC/C=C\C/C=C\C/C=C\C/C=C\C/C=C\C/C=C\C/C=C\C/C=C\C/C=C\C/C=C\CCCCC(=O)OC(COC(=O)CCCCC/C=C\C/C=C\C/C=C\CC)COC(OCC[N+](C)(C)C)C(=O)[O-]. The molecule has 9 nitrogen and oxygen atoms in total. The number of ether oxygens (including phenoxy) is 4. The molecule has 0 bridgehead atoms. The minimum atomic E-state index is -1.65. The van der Waals surface area contributed by atoms with E-state index in [1.807, 2.05) is 21.1 Å². The number of carbonyl (C=O) groups is 3. The topological polar surface area (TPSA) is 111 Å². The van der Waals surface area contributed by atoms with Crippen LogP contribution in [-0.4, -0.2) is 82.3 Å². The maximum atomic E-state index is 12.8. The molecule has 0 saturated carbocycles. The second-order valence-corrected chi connectivity index (χ2v) is 18.0. The highest BCUT2D eigenvalue weighted by Crippen LogP contribution is 2.10. The van der Waals surface area contributed by atoms with Crippen molar-refractivity contribution in [2.45, 2.75) is 167 Å². The van der Waals surface area contributed by atoms with Gasteiger partial charge in [-0.1, -0.05) is 178 Å².